The first-order chi connectivity index (χ1) is 11.2. The Morgan fingerprint density at radius 3 is 2.74 bits per heavy atom. The van der Waals surface area contributed by atoms with Crippen LogP contribution in [0, 0.1) is 5.92 Å². The molecule has 6 heteroatoms. The Morgan fingerprint density at radius 1 is 1.26 bits per heavy atom. The number of rotatable bonds is 4. The van der Waals surface area contributed by atoms with Crippen LogP contribution < -0.4 is 11.1 Å². The minimum absolute atomic E-state index is 0.0318. The Kier molecular flexibility index (Phi) is 4.93. The second kappa shape index (κ2) is 7.10. The fraction of sp³-hybridized carbons (Fsp3) is 0.529. The largest absolute Gasteiger partial charge is 0.353 e. The molecule has 2 saturated heterocycles. The van der Waals surface area contributed by atoms with Crippen molar-refractivity contribution in [2.24, 2.45) is 11.7 Å². The van der Waals surface area contributed by atoms with E-state index in [-0.39, 0.29) is 18.4 Å². The van der Waals surface area contributed by atoms with Crippen molar-refractivity contribution >= 4 is 11.8 Å². The molecule has 2 atom stereocenters. The normalized spacial score (nSPS) is 25.4. The van der Waals surface area contributed by atoms with E-state index in [1.807, 2.05) is 18.2 Å². The summed E-state index contributed by atoms with van der Waals surface area (Å²) in [5.74, 6) is 0.700. The van der Waals surface area contributed by atoms with Crippen LogP contribution in [0.2, 0.25) is 0 Å². The number of benzene rings is 1. The number of carbonyl (C=O) groups is 2. The molecule has 0 aliphatic carbocycles. The number of hydrogen-bond donors (Lipinski definition) is 2. The van der Waals surface area contributed by atoms with Gasteiger partial charge in [-0.05, 0) is 18.0 Å². The first-order valence-electron chi connectivity index (χ1n) is 8.19. The number of carbonyl (C=O) groups excluding carboxylic acids is 2. The monoisotopic (exact) mass is 316 g/mol. The summed E-state index contributed by atoms with van der Waals surface area (Å²) in [4.78, 5) is 27.6. The van der Waals surface area contributed by atoms with Crippen molar-refractivity contribution in [3.05, 3.63) is 35.9 Å². The molecule has 6 nitrogen and oxygen atoms in total. The Hall–Kier alpha value is -1.92. The van der Waals surface area contributed by atoms with Gasteiger partial charge in [-0.1, -0.05) is 30.3 Å². The minimum atomic E-state index is -0.0759. The molecule has 2 amide bonds. The van der Waals surface area contributed by atoms with Gasteiger partial charge in [0.25, 0.3) is 0 Å². The zero-order valence-electron chi connectivity index (χ0n) is 13.3. The third-order valence-electron chi connectivity index (χ3n) is 4.80. The molecule has 3 N–H and O–H groups in total. The number of nitrogens with one attached hydrogen (secondary N) is 1. The lowest BCUT2D eigenvalue weighted by atomic mass is 9.89. The molecule has 0 spiro atoms. The first-order valence-corrected chi connectivity index (χ1v) is 8.19. The van der Waals surface area contributed by atoms with Gasteiger partial charge in [0.1, 0.15) is 0 Å². The van der Waals surface area contributed by atoms with Crippen LogP contribution in [0.15, 0.2) is 30.3 Å². The molecule has 124 valence electrons. The lowest BCUT2D eigenvalue weighted by Crippen LogP contribution is -2.52. The topological polar surface area (TPSA) is 78.7 Å². The highest BCUT2D eigenvalue weighted by Crippen LogP contribution is 2.31. The van der Waals surface area contributed by atoms with Crippen molar-refractivity contribution in [1.82, 2.24) is 15.1 Å². The summed E-state index contributed by atoms with van der Waals surface area (Å²) in [5, 5.41) is 2.74. The van der Waals surface area contributed by atoms with Crippen molar-refractivity contribution in [3.63, 3.8) is 0 Å². The fourth-order valence-corrected chi connectivity index (χ4v) is 3.55. The number of nitrogens with two attached hydrogens (primary N) is 1. The predicted molar refractivity (Wildman–Crippen MR) is 87.8 cm³/mol. The summed E-state index contributed by atoms with van der Waals surface area (Å²) in [5.41, 5.74) is 7.23. The minimum Gasteiger partial charge on any atom is -0.353 e. The molecular weight excluding hydrogens is 292 g/mol. The summed E-state index contributed by atoms with van der Waals surface area (Å²) in [6.07, 6.45) is 0. The van der Waals surface area contributed by atoms with Crippen LogP contribution in [0.5, 0.6) is 0 Å². The number of nitrogens with zero attached hydrogens (tertiary/aromatic N) is 2. The lowest BCUT2D eigenvalue weighted by molar-refractivity contribution is -0.138. The van der Waals surface area contributed by atoms with Crippen LogP contribution >= 0.6 is 0 Å². The maximum absolute atomic E-state index is 12.4. The van der Waals surface area contributed by atoms with E-state index in [1.165, 1.54) is 5.56 Å². The zero-order chi connectivity index (χ0) is 16.2. The van der Waals surface area contributed by atoms with Gasteiger partial charge in [0, 0.05) is 32.1 Å². The van der Waals surface area contributed by atoms with Gasteiger partial charge in [0.15, 0.2) is 0 Å². The molecule has 23 heavy (non-hydrogen) atoms. The molecule has 3 rings (SSSR count). The number of hydrogen-bond acceptors (Lipinski definition) is 4. The molecule has 2 aliphatic heterocycles. The highest BCUT2D eigenvalue weighted by atomic mass is 16.2. The van der Waals surface area contributed by atoms with E-state index in [0.29, 0.717) is 38.0 Å². The van der Waals surface area contributed by atoms with Crippen LogP contribution in [0.25, 0.3) is 0 Å². The van der Waals surface area contributed by atoms with Gasteiger partial charge in [-0.3, -0.25) is 14.5 Å². The van der Waals surface area contributed by atoms with Crippen molar-refractivity contribution in [3.8, 4) is 0 Å². The van der Waals surface area contributed by atoms with Crippen LogP contribution in [0.1, 0.15) is 11.5 Å². The molecule has 0 radical (unpaired) electrons. The van der Waals surface area contributed by atoms with E-state index in [2.05, 4.69) is 22.3 Å². The summed E-state index contributed by atoms with van der Waals surface area (Å²) in [6, 6.07) is 10.4. The van der Waals surface area contributed by atoms with Crippen LogP contribution in [0.4, 0.5) is 0 Å². The second-order valence-electron chi connectivity index (χ2n) is 6.37. The van der Waals surface area contributed by atoms with Crippen molar-refractivity contribution < 1.29 is 9.59 Å². The molecule has 2 fully saturated rings. The van der Waals surface area contributed by atoms with E-state index < -0.39 is 0 Å². The average Bonchev–Trinajstić information content (AvgIpc) is 2.98. The summed E-state index contributed by atoms with van der Waals surface area (Å²) in [6.45, 7) is 3.99. The van der Waals surface area contributed by atoms with E-state index in [4.69, 9.17) is 5.73 Å². The molecule has 2 heterocycles. The summed E-state index contributed by atoms with van der Waals surface area (Å²) >= 11 is 0. The molecule has 1 aromatic carbocycles. The highest BCUT2D eigenvalue weighted by Gasteiger charge is 2.34. The van der Waals surface area contributed by atoms with Crippen LogP contribution in [-0.2, 0) is 9.59 Å². The van der Waals surface area contributed by atoms with Gasteiger partial charge >= 0.3 is 0 Å². The number of piperazine rings is 1. The van der Waals surface area contributed by atoms with Gasteiger partial charge < -0.3 is 16.0 Å². The van der Waals surface area contributed by atoms with E-state index in [9.17, 15) is 9.59 Å². The third kappa shape index (κ3) is 3.71. The van der Waals surface area contributed by atoms with Crippen molar-refractivity contribution in [2.45, 2.75) is 5.92 Å². The number of likely N-dealkylation sites (tertiary alicyclic amines) is 1. The highest BCUT2D eigenvalue weighted by molar-refractivity contribution is 5.86. The Labute approximate surface area is 136 Å². The fourth-order valence-electron chi connectivity index (χ4n) is 3.55. The van der Waals surface area contributed by atoms with Crippen LogP contribution in [-0.4, -0.2) is 67.4 Å². The van der Waals surface area contributed by atoms with Crippen LogP contribution in [0.3, 0.4) is 0 Å². The molecule has 1 aromatic rings. The maximum Gasteiger partial charge on any atom is 0.239 e. The van der Waals surface area contributed by atoms with Gasteiger partial charge in [-0.25, -0.2) is 0 Å². The molecule has 2 aliphatic rings. The molecule has 0 aromatic heterocycles. The van der Waals surface area contributed by atoms with Crippen molar-refractivity contribution in [2.75, 3.05) is 45.8 Å². The van der Waals surface area contributed by atoms with Gasteiger partial charge in [0.05, 0.1) is 13.1 Å². The van der Waals surface area contributed by atoms with E-state index >= 15 is 0 Å². The summed E-state index contributed by atoms with van der Waals surface area (Å²) < 4.78 is 0. The maximum atomic E-state index is 12.4. The van der Waals surface area contributed by atoms with Gasteiger partial charge in [0.2, 0.25) is 11.8 Å². The second-order valence-corrected chi connectivity index (χ2v) is 6.37. The molecular formula is C17H24N4O2. The molecule has 0 unspecified atom stereocenters. The first kappa shape index (κ1) is 16.0. The quantitative estimate of drug-likeness (QED) is 0.794. The predicted octanol–water partition coefficient (Wildman–Crippen LogP) is -0.381. The molecule has 0 saturated carbocycles. The van der Waals surface area contributed by atoms with Crippen molar-refractivity contribution in [1.29, 1.82) is 0 Å². The SMILES string of the molecule is NC[C@@H]1CN(CC(=O)N2CCNC(=O)C2)C[C@H]1c1ccccc1. The molecule has 0 bridgehead atoms. The number of amides is 2. The third-order valence-corrected chi connectivity index (χ3v) is 4.80. The standard InChI is InChI=1S/C17H24N4O2/c18-8-14-9-20(10-15(14)13-4-2-1-3-5-13)12-17(23)21-7-6-19-16(22)11-21/h1-5,14-15H,6-12,18H2,(H,19,22)/t14-,15+/m1/s1. The van der Waals surface area contributed by atoms with Gasteiger partial charge in [-0.15, -0.1) is 0 Å². The average molecular weight is 316 g/mol. The zero-order valence-corrected chi connectivity index (χ0v) is 13.3. The lowest BCUT2D eigenvalue weighted by Gasteiger charge is -2.28. The Morgan fingerprint density at radius 2 is 2.04 bits per heavy atom. The Balaban J connectivity index is 1.61. The summed E-state index contributed by atoms with van der Waals surface area (Å²) in [7, 11) is 0. The van der Waals surface area contributed by atoms with E-state index in [0.717, 1.165) is 13.1 Å². The Bertz CT molecular complexity index is 563. The smallest absolute Gasteiger partial charge is 0.239 e. The van der Waals surface area contributed by atoms with E-state index in [1.54, 1.807) is 4.90 Å². The van der Waals surface area contributed by atoms with Gasteiger partial charge in [-0.2, -0.15) is 0 Å².